The van der Waals surface area contributed by atoms with E-state index in [4.69, 9.17) is 17.0 Å². The van der Waals surface area contributed by atoms with Crippen molar-refractivity contribution in [3.63, 3.8) is 0 Å². The van der Waals surface area contributed by atoms with Gasteiger partial charge in [0.15, 0.2) is 5.11 Å². The number of thiocarbonyl (C=S) groups is 1. The van der Waals surface area contributed by atoms with Crippen LogP contribution in [-0.2, 0) is 0 Å². The second-order valence-electron chi connectivity index (χ2n) is 5.53. The summed E-state index contributed by atoms with van der Waals surface area (Å²) in [5, 5.41) is 3.37. The van der Waals surface area contributed by atoms with Gasteiger partial charge in [0.25, 0.3) is 5.91 Å². The lowest BCUT2D eigenvalue weighted by Gasteiger charge is -2.23. The van der Waals surface area contributed by atoms with Crippen LogP contribution in [0.4, 0.5) is 0 Å². The molecule has 1 aromatic carbocycles. The van der Waals surface area contributed by atoms with Crippen LogP contribution in [0, 0.1) is 0 Å². The Kier molecular flexibility index (Phi) is 6.65. The number of benzene rings is 1. The molecule has 5 heteroatoms. The third kappa shape index (κ3) is 4.98. The van der Waals surface area contributed by atoms with E-state index in [9.17, 15) is 4.79 Å². The first kappa shape index (κ1) is 16.7. The number of hydrogen-bond acceptors (Lipinski definition) is 3. The zero-order valence-electron chi connectivity index (χ0n) is 13.1. The van der Waals surface area contributed by atoms with Crippen molar-refractivity contribution in [3.8, 4) is 5.75 Å². The van der Waals surface area contributed by atoms with E-state index in [1.54, 1.807) is 12.1 Å². The summed E-state index contributed by atoms with van der Waals surface area (Å²) in [5.74, 6) is 0.629. The molecule has 4 nitrogen and oxygen atoms in total. The van der Waals surface area contributed by atoms with Crippen LogP contribution in [0.2, 0.25) is 0 Å². The minimum atomic E-state index is -0.156. The average Bonchev–Trinajstić information content (AvgIpc) is 2.82. The summed E-state index contributed by atoms with van der Waals surface area (Å²) in [5.41, 5.74) is 0.598. The highest BCUT2D eigenvalue weighted by atomic mass is 32.1. The molecule has 1 aromatic rings. The fourth-order valence-corrected chi connectivity index (χ4v) is 2.72. The van der Waals surface area contributed by atoms with E-state index in [-0.39, 0.29) is 5.91 Å². The van der Waals surface area contributed by atoms with E-state index in [0.29, 0.717) is 17.3 Å². The zero-order valence-corrected chi connectivity index (χ0v) is 14.0. The molecule has 0 aromatic heterocycles. The normalized spacial score (nSPS) is 15.0. The zero-order chi connectivity index (χ0) is 15.8. The number of likely N-dealkylation sites (tertiary alicyclic amines) is 1. The van der Waals surface area contributed by atoms with Crippen molar-refractivity contribution in [1.82, 2.24) is 10.2 Å². The second-order valence-corrected chi connectivity index (χ2v) is 5.92. The van der Waals surface area contributed by atoms with Crippen LogP contribution in [0.5, 0.6) is 5.75 Å². The largest absolute Gasteiger partial charge is 0.494 e. The monoisotopic (exact) mass is 320 g/mol. The molecule has 0 radical (unpaired) electrons. The van der Waals surface area contributed by atoms with Gasteiger partial charge in [0, 0.05) is 18.7 Å². The first-order chi connectivity index (χ1) is 10.7. The van der Waals surface area contributed by atoms with Crippen LogP contribution in [-0.4, -0.2) is 35.6 Å². The number of carbonyl (C=O) groups excluding carboxylic acids is 1. The van der Waals surface area contributed by atoms with Gasteiger partial charge in [-0.2, -0.15) is 0 Å². The Bertz CT molecular complexity index is 494. The van der Waals surface area contributed by atoms with Gasteiger partial charge < -0.3 is 9.64 Å². The molecule has 0 spiro atoms. The van der Waals surface area contributed by atoms with Gasteiger partial charge in [0.2, 0.25) is 0 Å². The Morgan fingerprint density at radius 1 is 1.18 bits per heavy atom. The number of nitrogens with zero attached hydrogens (tertiary/aromatic N) is 1. The van der Waals surface area contributed by atoms with Gasteiger partial charge in [0.1, 0.15) is 5.75 Å². The molecular weight excluding hydrogens is 296 g/mol. The summed E-state index contributed by atoms with van der Waals surface area (Å²) in [4.78, 5) is 14.3. The highest BCUT2D eigenvalue weighted by Gasteiger charge is 2.15. The molecule has 1 saturated heterocycles. The summed E-state index contributed by atoms with van der Waals surface area (Å²) in [7, 11) is 0. The summed E-state index contributed by atoms with van der Waals surface area (Å²) < 4.78 is 5.51. The third-order valence-corrected chi connectivity index (χ3v) is 4.06. The van der Waals surface area contributed by atoms with Gasteiger partial charge in [-0.05, 0) is 55.7 Å². The van der Waals surface area contributed by atoms with E-state index in [1.807, 2.05) is 12.1 Å². The van der Waals surface area contributed by atoms with E-state index < -0.39 is 0 Å². The molecule has 120 valence electrons. The quantitative estimate of drug-likeness (QED) is 0.864. The maximum absolute atomic E-state index is 12.2. The Morgan fingerprint density at radius 2 is 1.82 bits per heavy atom. The van der Waals surface area contributed by atoms with Crippen molar-refractivity contribution in [2.24, 2.45) is 0 Å². The number of rotatable bonds is 4. The molecule has 0 unspecified atom stereocenters. The SMILES string of the molecule is CCCOc1ccc(C(=O)NC(=S)N2CCCCCC2)cc1. The molecule has 0 bridgehead atoms. The highest BCUT2D eigenvalue weighted by Crippen LogP contribution is 2.13. The fraction of sp³-hybridized carbons (Fsp3) is 0.529. The summed E-state index contributed by atoms with van der Waals surface area (Å²) >= 11 is 5.36. The van der Waals surface area contributed by atoms with Crippen molar-refractivity contribution in [2.45, 2.75) is 39.0 Å². The first-order valence-corrected chi connectivity index (χ1v) is 8.44. The van der Waals surface area contributed by atoms with E-state index in [0.717, 1.165) is 38.1 Å². The first-order valence-electron chi connectivity index (χ1n) is 8.04. The van der Waals surface area contributed by atoms with Crippen molar-refractivity contribution in [1.29, 1.82) is 0 Å². The molecule has 1 aliphatic rings. The molecule has 1 N–H and O–H groups in total. The second kappa shape index (κ2) is 8.73. The molecule has 1 fully saturated rings. The van der Waals surface area contributed by atoms with Crippen LogP contribution in [0.25, 0.3) is 0 Å². The Balaban J connectivity index is 1.89. The van der Waals surface area contributed by atoms with Crippen LogP contribution in [0.3, 0.4) is 0 Å². The summed E-state index contributed by atoms with van der Waals surface area (Å²) in [6.45, 7) is 4.61. The van der Waals surface area contributed by atoms with Crippen LogP contribution in [0.15, 0.2) is 24.3 Å². The molecule has 0 saturated carbocycles. The van der Waals surface area contributed by atoms with Crippen LogP contribution >= 0.6 is 12.2 Å². The predicted molar refractivity (Wildman–Crippen MR) is 92.3 cm³/mol. The summed E-state index contributed by atoms with van der Waals surface area (Å²) in [6.07, 6.45) is 5.73. The van der Waals surface area contributed by atoms with Gasteiger partial charge in [-0.15, -0.1) is 0 Å². The summed E-state index contributed by atoms with van der Waals surface area (Å²) in [6, 6.07) is 7.18. The van der Waals surface area contributed by atoms with E-state index in [1.165, 1.54) is 12.8 Å². The molecular formula is C17H24N2O2S. The van der Waals surface area contributed by atoms with Gasteiger partial charge in [-0.25, -0.2) is 0 Å². The lowest BCUT2D eigenvalue weighted by Crippen LogP contribution is -2.43. The fourth-order valence-electron chi connectivity index (χ4n) is 2.44. The third-order valence-electron chi connectivity index (χ3n) is 3.70. The number of hydrogen-bond donors (Lipinski definition) is 1. The number of ether oxygens (including phenoxy) is 1. The Morgan fingerprint density at radius 3 is 2.41 bits per heavy atom. The van der Waals surface area contributed by atoms with Crippen molar-refractivity contribution >= 4 is 23.2 Å². The van der Waals surface area contributed by atoms with Crippen molar-refractivity contribution < 1.29 is 9.53 Å². The molecule has 2 rings (SSSR count). The predicted octanol–water partition coefficient (Wildman–Crippen LogP) is 3.37. The maximum Gasteiger partial charge on any atom is 0.257 e. The molecule has 1 heterocycles. The van der Waals surface area contributed by atoms with E-state index in [2.05, 4.69) is 17.1 Å². The minimum Gasteiger partial charge on any atom is -0.494 e. The van der Waals surface area contributed by atoms with Gasteiger partial charge in [-0.1, -0.05) is 19.8 Å². The van der Waals surface area contributed by atoms with Crippen molar-refractivity contribution in [2.75, 3.05) is 19.7 Å². The number of carbonyl (C=O) groups is 1. The van der Waals surface area contributed by atoms with Gasteiger partial charge >= 0.3 is 0 Å². The Hall–Kier alpha value is -1.62. The molecule has 1 amide bonds. The maximum atomic E-state index is 12.2. The van der Waals surface area contributed by atoms with Crippen LogP contribution < -0.4 is 10.1 Å². The molecule has 0 aliphatic carbocycles. The smallest absolute Gasteiger partial charge is 0.257 e. The lowest BCUT2D eigenvalue weighted by molar-refractivity contribution is 0.0973. The number of nitrogens with one attached hydrogen (secondary N) is 1. The minimum absolute atomic E-state index is 0.156. The highest BCUT2D eigenvalue weighted by molar-refractivity contribution is 7.80. The van der Waals surface area contributed by atoms with Crippen molar-refractivity contribution in [3.05, 3.63) is 29.8 Å². The van der Waals surface area contributed by atoms with Gasteiger partial charge in [0.05, 0.1) is 6.61 Å². The van der Waals surface area contributed by atoms with Crippen LogP contribution in [0.1, 0.15) is 49.4 Å². The Labute approximate surface area is 137 Å². The topological polar surface area (TPSA) is 41.6 Å². The molecule has 22 heavy (non-hydrogen) atoms. The lowest BCUT2D eigenvalue weighted by atomic mass is 10.2. The van der Waals surface area contributed by atoms with E-state index >= 15 is 0 Å². The standard InChI is InChI=1S/C17H24N2O2S/c1-2-13-21-15-9-7-14(8-10-15)16(20)18-17(22)19-11-5-3-4-6-12-19/h7-10H,2-6,11-13H2,1H3,(H,18,20,22). The molecule has 1 aliphatic heterocycles. The molecule has 0 atom stereocenters. The number of amides is 1. The van der Waals surface area contributed by atoms with Gasteiger partial charge in [-0.3, -0.25) is 10.1 Å². The average molecular weight is 320 g/mol.